The first-order valence-corrected chi connectivity index (χ1v) is 5.50. The number of amides is 1. The highest BCUT2D eigenvalue weighted by Gasteiger charge is 2.18. The molecule has 0 bridgehead atoms. The smallest absolute Gasteiger partial charge is 0.325 e. The molecule has 0 unspecified atom stereocenters. The quantitative estimate of drug-likeness (QED) is 0.505. The van der Waals surface area contributed by atoms with Crippen molar-refractivity contribution in [1.82, 2.24) is 20.6 Å². The highest BCUT2D eigenvalue weighted by molar-refractivity contribution is 5.93. The number of hydrogen-bond acceptors (Lipinski definition) is 4. The van der Waals surface area contributed by atoms with Gasteiger partial charge >= 0.3 is 5.69 Å². The summed E-state index contributed by atoms with van der Waals surface area (Å²) in [7, 11) is 0. The molecule has 0 aliphatic carbocycles. The number of aromatic amines is 2. The fraction of sp³-hybridized carbons (Fsp3) is 0.500. The third-order valence-corrected chi connectivity index (χ3v) is 2.74. The van der Waals surface area contributed by atoms with E-state index in [0.29, 0.717) is 0 Å². The second kappa shape index (κ2) is 4.96. The molecule has 7 nitrogen and oxygen atoms in total. The van der Waals surface area contributed by atoms with Crippen LogP contribution in [0.25, 0.3) is 0 Å². The van der Waals surface area contributed by atoms with Crippen molar-refractivity contribution in [3.05, 3.63) is 32.6 Å². The van der Waals surface area contributed by atoms with E-state index in [1.165, 1.54) is 0 Å². The second-order valence-electron chi connectivity index (χ2n) is 3.98. The van der Waals surface area contributed by atoms with Gasteiger partial charge in [0.2, 0.25) is 0 Å². The van der Waals surface area contributed by atoms with Gasteiger partial charge in [0.25, 0.3) is 11.5 Å². The molecule has 1 fully saturated rings. The summed E-state index contributed by atoms with van der Waals surface area (Å²) < 4.78 is 0. The first-order valence-electron chi connectivity index (χ1n) is 5.50. The number of nitrogens with one attached hydrogen (secondary N) is 4. The Morgan fingerprint density at radius 3 is 2.65 bits per heavy atom. The lowest BCUT2D eigenvalue weighted by Gasteiger charge is -2.23. The van der Waals surface area contributed by atoms with Crippen molar-refractivity contribution < 1.29 is 4.79 Å². The van der Waals surface area contributed by atoms with E-state index in [-0.39, 0.29) is 11.6 Å². The van der Waals surface area contributed by atoms with Gasteiger partial charge in [-0.2, -0.15) is 0 Å². The first kappa shape index (κ1) is 11.6. The van der Waals surface area contributed by atoms with Crippen molar-refractivity contribution in [2.75, 3.05) is 13.1 Å². The zero-order valence-corrected chi connectivity index (χ0v) is 9.21. The highest BCUT2D eigenvalue weighted by Crippen LogP contribution is 2.02. The SMILES string of the molecule is O=C(NC1CCNCC1)c1c[nH]c(=O)[nH]c1=O. The van der Waals surface area contributed by atoms with E-state index in [1.54, 1.807) is 0 Å². The Kier molecular flexibility index (Phi) is 3.38. The van der Waals surface area contributed by atoms with Crippen LogP contribution in [0.3, 0.4) is 0 Å². The molecule has 0 atom stereocenters. The lowest BCUT2D eigenvalue weighted by molar-refractivity contribution is 0.0927. The summed E-state index contributed by atoms with van der Waals surface area (Å²) in [5, 5.41) is 5.95. The van der Waals surface area contributed by atoms with Gasteiger partial charge in [0.1, 0.15) is 5.56 Å². The third-order valence-electron chi connectivity index (χ3n) is 2.74. The number of rotatable bonds is 2. The maximum Gasteiger partial charge on any atom is 0.325 e. The van der Waals surface area contributed by atoms with Crippen LogP contribution in [0.4, 0.5) is 0 Å². The van der Waals surface area contributed by atoms with Crippen LogP contribution < -0.4 is 21.9 Å². The third kappa shape index (κ3) is 2.82. The molecule has 1 amide bonds. The Hall–Kier alpha value is -1.89. The van der Waals surface area contributed by atoms with Gasteiger partial charge in [0, 0.05) is 12.2 Å². The molecule has 1 aromatic rings. The molecule has 2 heterocycles. The molecule has 0 aromatic carbocycles. The lowest BCUT2D eigenvalue weighted by Crippen LogP contribution is -2.44. The molecule has 1 aliphatic rings. The van der Waals surface area contributed by atoms with Crippen LogP contribution in [0, 0.1) is 0 Å². The van der Waals surface area contributed by atoms with Crippen molar-refractivity contribution in [3.8, 4) is 0 Å². The van der Waals surface area contributed by atoms with E-state index >= 15 is 0 Å². The fourth-order valence-corrected chi connectivity index (χ4v) is 1.81. The standard InChI is InChI=1S/C10H14N4O3/c15-8(13-6-1-3-11-4-2-6)7-5-12-10(17)14-9(7)16/h5-6,11H,1-4H2,(H,13,15)(H2,12,14,16,17). The second-order valence-corrected chi connectivity index (χ2v) is 3.98. The molecule has 92 valence electrons. The van der Waals surface area contributed by atoms with Crippen LogP contribution in [-0.4, -0.2) is 35.0 Å². The van der Waals surface area contributed by atoms with Crippen molar-refractivity contribution in [2.24, 2.45) is 0 Å². The molecule has 4 N–H and O–H groups in total. The van der Waals surface area contributed by atoms with Crippen LogP contribution in [0.5, 0.6) is 0 Å². The molecule has 0 spiro atoms. The number of carbonyl (C=O) groups is 1. The van der Waals surface area contributed by atoms with Gasteiger partial charge in [-0.3, -0.25) is 14.6 Å². The molecule has 0 saturated carbocycles. The molecule has 0 radical (unpaired) electrons. The zero-order valence-electron chi connectivity index (χ0n) is 9.21. The predicted molar refractivity (Wildman–Crippen MR) is 61.0 cm³/mol. The van der Waals surface area contributed by atoms with E-state index in [2.05, 4.69) is 15.6 Å². The molecule has 7 heteroatoms. The summed E-state index contributed by atoms with van der Waals surface area (Å²) in [4.78, 5) is 38.2. The van der Waals surface area contributed by atoms with Crippen molar-refractivity contribution in [3.63, 3.8) is 0 Å². The molecule has 1 aromatic heterocycles. The van der Waals surface area contributed by atoms with Crippen LogP contribution in [-0.2, 0) is 0 Å². The summed E-state index contributed by atoms with van der Waals surface area (Å²) in [6, 6.07) is 0.0788. The number of hydrogen-bond donors (Lipinski definition) is 4. The Bertz CT molecular complexity index is 513. The summed E-state index contributed by atoms with van der Waals surface area (Å²) in [6.45, 7) is 1.71. The minimum absolute atomic E-state index is 0.0665. The Morgan fingerprint density at radius 1 is 1.29 bits per heavy atom. The average Bonchev–Trinajstić information content (AvgIpc) is 2.30. The molecule has 2 rings (SSSR count). The number of H-pyrrole nitrogens is 2. The fourth-order valence-electron chi connectivity index (χ4n) is 1.81. The molecule has 17 heavy (non-hydrogen) atoms. The normalized spacial score (nSPS) is 16.7. The summed E-state index contributed by atoms with van der Waals surface area (Å²) in [5.74, 6) is -0.450. The number of aromatic nitrogens is 2. The predicted octanol–water partition coefficient (Wildman–Crippen LogP) is -1.45. The molecule has 1 saturated heterocycles. The minimum Gasteiger partial charge on any atom is -0.349 e. The molecule has 1 aliphatic heterocycles. The number of piperidine rings is 1. The van der Waals surface area contributed by atoms with Crippen molar-refractivity contribution in [1.29, 1.82) is 0 Å². The lowest BCUT2D eigenvalue weighted by atomic mass is 10.1. The van der Waals surface area contributed by atoms with Crippen molar-refractivity contribution in [2.45, 2.75) is 18.9 Å². The number of carbonyl (C=O) groups excluding carboxylic acids is 1. The van der Waals surface area contributed by atoms with E-state index in [4.69, 9.17) is 0 Å². The van der Waals surface area contributed by atoms with Crippen LogP contribution in [0.15, 0.2) is 15.8 Å². The maximum atomic E-state index is 11.8. The van der Waals surface area contributed by atoms with Crippen LogP contribution in [0.2, 0.25) is 0 Å². The van der Waals surface area contributed by atoms with Crippen LogP contribution >= 0.6 is 0 Å². The highest BCUT2D eigenvalue weighted by atomic mass is 16.2. The summed E-state index contributed by atoms with van der Waals surface area (Å²) in [5.41, 5.74) is -1.35. The van der Waals surface area contributed by atoms with E-state index in [9.17, 15) is 14.4 Å². The van der Waals surface area contributed by atoms with Crippen LogP contribution in [0.1, 0.15) is 23.2 Å². The van der Waals surface area contributed by atoms with Gasteiger partial charge in [-0.25, -0.2) is 4.79 Å². The largest absolute Gasteiger partial charge is 0.349 e. The average molecular weight is 238 g/mol. The zero-order chi connectivity index (χ0) is 12.3. The Balaban J connectivity index is 2.08. The molecular weight excluding hydrogens is 224 g/mol. The summed E-state index contributed by atoms with van der Waals surface area (Å²) in [6.07, 6.45) is 2.82. The van der Waals surface area contributed by atoms with Gasteiger partial charge in [0.05, 0.1) is 0 Å². The van der Waals surface area contributed by atoms with Gasteiger partial charge in [-0.1, -0.05) is 0 Å². The maximum absolute atomic E-state index is 11.8. The van der Waals surface area contributed by atoms with Gasteiger partial charge < -0.3 is 15.6 Å². The summed E-state index contributed by atoms with van der Waals surface area (Å²) >= 11 is 0. The minimum atomic E-state index is -0.666. The van der Waals surface area contributed by atoms with E-state index in [1.807, 2.05) is 4.98 Å². The van der Waals surface area contributed by atoms with Gasteiger partial charge in [-0.15, -0.1) is 0 Å². The Labute approximate surface area is 96.6 Å². The van der Waals surface area contributed by atoms with Gasteiger partial charge in [0.15, 0.2) is 0 Å². The topological polar surface area (TPSA) is 107 Å². The van der Waals surface area contributed by atoms with E-state index in [0.717, 1.165) is 32.1 Å². The monoisotopic (exact) mass is 238 g/mol. The van der Waals surface area contributed by atoms with E-state index < -0.39 is 17.2 Å². The van der Waals surface area contributed by atoms with Crippen molar-refractivity contribution >= 4 is 5.91 Å². The Morgan fingerprint density at radius 2 is 2.00 bits per heavy atom. The molecular formula is C10H14N4O3. The van der Waals surface area contributed by atoms with Gasteiger partial charge in [-0.05, 0) is 25.9 Å². The first-order chi connectivity index (χ1) is 8.16.